The quantitative estimate of drug-likeness (QED) is 0.757. The van der Waals surface area contributed by atoms with E-state index in [9.17, 15) is 4.79 Å². The van der Waals surface area contributed by atoms with Crippen molar-refractivity contribution in [2.24, 2.45) is 0 Å². The number of hydrogen-bond donors (Lipinski definition) is 0. The number of likely N-dealkylation sites (N-methyl/N-ethyl adjacent to an activating group) is 1. The average molecular weight is 418 g/mol. The number of nitrogens with zero attached hydrogens (tertiary/aromatic N) is 3. The van der Waals surface area contributed by atoms with E-state index in [1.165, 1.54) is 0 Å². The summed E-state index contributed by atoms with van der Waals surface area (Å²) < 4.78 is 3.94. The van der Waals surface area contributed by atoms with Crippen LogP contribution in [0.2, 0.25) is 0 Å². The SMILES string of the molecule is CCC(C(=O)N(C)C)n1nc(Br)c(Br)c1Br. The predicted octanol–water partition coefficient (Wildman–Crippen LogP) is 3.21. The summed E-state index contributed by atoms with van der Waals surface area (Å²) in [5.74, 6) is 0.0331. The Morgan fingerprint density at radius 3 is 2.31 bits per heavy atom. The van der Waals surface area contributed by atoms with Crippen LogP contribution in [-0.4, -0.2) is 34.7 Å². The van der Waals surface area contributed by atoms with Gasteiger partial charge in [-0.1, -0.05) is 6.92 Å². The third kappa shape index (κ3) is 2.68. The molecule has 1 rings (SSSR count). The van der Waals surface area contributed by atoms with Crippen LogP contribution in [-0.2, 0) is 4.79 Å². The molecule has 0 bridgehead atoms. The molecular formula is C9H12Br3N3O. The molecule has 0 radical (unpaired) electrons. The summed E-state index contributed by atoms with van der Waals surface area (Å²) >= 11 is 10.1. The maximum Gasteiger partial charge on any atom is 0.246 e. The highest BCUT2D eigenvalue weighted by Gasteiger charge is 2.25. The third-order valence-electron chi connectivity index (χ3n) is 2.17. The second-order valence-electron chi connectivity index (χ2n) is 3.50. The Kier molecular flexibility index (Phi) is 5.00. The van der Waals surface area contributed by atoms with E-state index in [0.717, 1.165) is 9.08 Å². The fourth-order valence-corrected chi connectivity index (χ4v) is 2.72. The van der Waals surface area contributed by atoms with E-state index in [2.05, 4.69) is 52.9 Å². The molecule has 0 aliphatic rings. The Labute approximate surface area is 120 Å². The lowest BCUT2D eigenvalue weighted by Gasteiger charge is -2.20. The van der Waals surface area contributed by atoms with E-state index in [0.29, 0.717) is 11.0 Å². The molecular weight excluding hydrogens is 406 g/mol. The van der Waals surface area contributed by atoms with Gasteiger partial charge in [0.15, 0.2) is 0 Å². The number of hydrogen-bond acceptors (Lipinski definition) is 2. The molecule has 1 amide bonds. The lowest BCUT2D eigenvalue weighted by molar-refractivity contribution is -0.132. The van der Waals surface area contributed by atoms with Crippen LogP contribution in [0.1, 0.15) is 19.4 Å². The van der Waals surface area contributed by atoms with Crippen molar-refractivity contribution in [3.63, 3.8) is 0 Å². The van der Waals surface area contributed by atoms with Gasteiger partial charge in [0, 0.05) is 14.1 Å². The second kappa shape index (κ2) is 5.64. The number of aromatic nitrogens is 2. The van der Waals surface area contributed by atoms with Crippen LogP contribution in [0.4, 0.5) is 0 Å². The van der Waals surface area contributed by atoms with Gasteiger partial charge in [0.1, 0.15) is 15.2 Å². The number of amides is 1. The smallest absolute Gasteiger partial charge is 0.246 e. The first-order valence-corrected chi connectivity index (χ1v) is 7.08. The molecule has 1 heterocycles. The molecule has 1 unspecified atom stereocenters. The van der Waals surface area contributed by atoms with E-state index in [1.54, 1.807) is 23.7 Å². The second-order valence-corrected chi connectivity index (χ2v) is 5.79. The van der Waals surface area contributed by atoms with Crippen molar-refractivity contribution >= 4 is 53.7 Å². The first-order chi connectivity index (χ1) is 7.40. The van der Waals surface area contributed by atoms with Crippen molar-refractivity contribution in [3.05, 3.63) is 13.7 Å². The van der Waals surface area contributed by atoms with Gasteiger partial charge in [-0.15, -0.1) is 0 Å². The van der Waals surface area contributed by atoms with E-state index >= 15 is 0 Å². The lowest BCUT2D eigenvalue weighted by Crippen LogP contribution is -2.32. The van der Waals surface area contributed by atoms with Gasteiger partial charge in [-0.05, 0) is 54.2 Å². The zero-order valence-corrected chi connectivity index (χ0v) is 13.9. The van der Waals surface area contributed by atoms with Crippen molar-refractivity contribution in [3.8, 4) is 0 Å². The summed E-state index contributed by atoms with van der Waals surface area (Å²) in [5, 5.41) is 4.28. The van der Waals surface area contributed by atoms with Crippen LogP contribution in [0.3, 0.4) is 0 Å². The Bertz CT molecular complexity index is 403. The van der Waals surface area contributed by atoms with Gasteiger partial charge in [0.25, 0.3) is 0 Å². The topological polar surface area (TPSA) is 38.1 Å². The predicted molar refractivity (Wildman–Crippen MR) is 73.3 cm³/mol. The first-order valence-electron chi connectivity index (χ1n) is 4.70. The third-order valence-corrected chi connectivity index (χ3v) is 5.30. The zero-order valence-electron chi connectivity index (χ0n) is 9.17. The molecule has 0 saturated heterocycles. The Morgan fingerprint density at radius 1 is 1.44 bits per heavy atom. The van der Waals surface area contributed by atoms with Crippen LogP contribution in [0.25, 0.3) is 0 Å². The molecule has 1 atom stereocenters. The molecule has 1 aromatic heterocycles. The molecule has 4 nitrogen and oxygen atoms in total. The lowest BCUT2D eigenvalue weighted by atomic mass is 10.2. The van der Waals surface area contributed by atoms with Crippen molar-refractivity contribution < 1.29 is 4.79 Å². The summed E-state index contributed by atoms with van der Waals surface area (Å²) in [4.78, 5) is 13.5. The van der Waals surface area contributed by atoms with E-state index < -0.39 is 0 Å². The molecule has 16 heavy (non-hydrogen) atoms. The van der Waals surface area contributed by atoms with Gasteiger partial charge in [-0.2, -0.15) is 5.10 Å². The highest BCUT2D eigenvalue weighted by Crippen LogP contribution is 2.33. The molecule has 0 saturated carbocycles. The number of carbonyl (C=O) groups excluding carboxylic acids is 1. The van der Waals surface area contributed by atoms with Crippen LogP contribution >= 0.6 is 47.8 Å². The highest BCUT2D eigenvalue weighted by atomic mass is 79.9. The van der Waals surface area contributed by atoms with Gasteiger partial charge in [0.2, 0.25) is 5.91 Å². The van der Waals surface area contributed by atoms with E-state index in [1.807, 2.05) is 6.92 Å². The Balaban J connectivity index is 3.14. The monoisotopic (exact) mass is 415 g/mol. The van der Waals surface area contributed by atoms with Gasteiger partial charge in [0.05, 0.1) is 4.47 Å². The molecule has 0 aliphatic heterocycles. The van der Waals surface area contributed by atoms with Crippen molar-refractivity contribution in [2.75, 3.05) is 14.1 Å². The number of carbonyl (C=O) groups is 1. The van der Waals surface area contributed by atoms with Gasteiger partial charge in [-0.3, -0.25) is 4.79 Å². The van der Waals surface area contributed by atoms with Gasteiger partial charge >= 0.3 is 0 Å². The molecule has 0 fully saturated rings. The van der Waals surface area contributed by atoms with Crippen LogP contribution < -0.4 is 0 Å². The molecule has 0 spiro atoms. The fraction of sp³-hybridized carbons (Fsp3) is 0.556. The minimum absolute atomic E-state index is 0.0331. The van der Waals surface area contributed by atoms with Crippen LogP contribution in [0.15, 0.2) is 13.7 Å². The van der Waals surface area contributed by atoms with E-state index in [-0.39, 0.29) is 11.9 Å². The van der Waals surface area contributed by atoms with E-state index in [4.69, 9.17) is 0 Å². The molecule has 7 heteroatoms. The maximum absolute atomic E-state index is 12.0. The molecule has 90 valence electrons. The summed E-state index contributed by atoms with van der Waals surface area (Å²) in [7, 11) is 3.49. The highest BCUT2D eigenvalue weighted by molar-refractivity contribution is 9.14. The minimum Gasteiger partial charge on any atom is -0.347 e. The van der Waals surface area contributed by atoms with Crippen LogP contribution in [0, 0.1) is 0 Å². The molecule has 0 aliphatic carbocycles. The molecule has 1 aromatic rings. The van der Waals surface area contributed by atoms with Crippen LogP contribution in [0.5, 0.6) is 0 Å². The minimum atomic E-state index is -0.285. The summed E-state index contributed by atoms with van der Waals surface area (Å²) in [6.45, 7) is 1.96. The average Bonchev–Trinajstić information content (AvgIpc) is 2.47. The largest absolute Gasteiger partial charge is 0.347 e. The van der Waals surface area contributed by atoms with Gasteiger partial charge in [-0.25, -0.2) is 4.68 Å². The fourth-order valence-electron chi connectivity index (χ4n) is 1.32. The summed E-state index contributed by atoms with van der Waals surface area (Å²) in [6.07, 6.45) is 0.691. The first kappa shape index (κ1) is 14.2. The Hall–Kier alpha value is 0.120. The number of halogens is 3. The van der Waals surface area contributed by atoms with Crippen molar-refractivity contribution in [1.82, 2.24) is 14.7 Å². The molecule has 0 aromatic carbocycles. The summed E-state index contributed by atoms with van der Waals surface area (Å²) in [6, 6.07) is -0.285. The number of rotatable bonds is 3. The standard InChI is InChI=1S/C9H12Br3N3O/c1-4-5(9(16)14(2)3)15-8(12)6(10)7(11)13-15/h5H,4H2,1-3H3. The summed E-state index contributed by atoms with van der Waals surface area (Å²) in [5.41, 5.74) is 0. The zero-order chi connectivity index (χ0) is 12.5. The Morgan fingerprint density at radius 2 is 2.00 bits per heavy atom. The van der Waals surface area contributed by atoms with Crippen molar-refractivity contribution in [1.29, 1.82) is 0 Å². The maximum atomic E-state index is 12.0. The van der Waals surface area contributed by atoms with Gasteiger partial charge < -0.3 is 4.90 Å². The molecule has 0 N–H and O–H groups in total. The normalized spacial score (nSPS) is 12.6. The van der Waals surface area contributed by atoms with Crippen molar-refractivity contribution in [2.45, 2.75) is 19.4 Å².